The van der Waals surface area contributed by atoms with Gasteiger partial charge in [0.1, 0.15) is 5.54 Å². The second kappa shape index (κ2) is 28.1. The molecule has 18 heteroatoms. The van der Waals surface area contributed by atoms with E-state index in [2.05, 4.69) is 154 Å². The molecule has 0 aromatic rings. The molecule has 3 unspecified atom stereocenters. The molecule has 8 aliphatic rings. The normalized spacial score (nSPS) is 29.2. The number of primary amides is 2. The third kappa shape index (κ3) is 18.2. The zero-order chi connectivity index (χ0) is 55.4. The molecule has 420 valence electrons. The summed E-state index contributed by atoms with van der Waals surface area (Å²) < 4.78 is 1.06. The summed E-state index contributed by atoms with van der Waals surface area (Å²) in [4.78, 5) is 94.0. The summed E-state index contributed by atoms with van der Waals surface area (Å²) in [5.74, 6) is -0.595. The molecular weight excluding hydrogens is 1610 g/mol. The van der Waals surface area contributed by atoms with E-state index in [0.717, 1.165) is 82.2 Å². The average molecular weight is 1700 g/mol. The first-order valence-corrected chi connectivity index (χ1v) is 36.4. The van der Waals surface area contributed by atoms with Crippen molar-refractivity contribution >= 4 is 178 Å². The van der Waals surface area contributed by atoms with Crippen LogP contribution < -0.4 is 11.5 Å². The summed E-state index contributed by atoms with van der Waals surface area (Å²) in [7, 11) is 0. The van der Waals surface area contributed by atoms with Crippen LogP contribution in [0, 0.1) is 81.8 Å². The number of hydrogen-bond donors (Lipinski definition) is 3. The summed E-state index contributed by atoms with van der Waals surface area (Å²) in [6.45, 7) is 18.5. The molecule has 11 atom stereocenters. The van der Waals surface area contributed by atoms with E-state index in [4.69, 9.17) is 11.5 Å². The molecule has 6 saturated carbocycles. The molecule has 5 N–H and O–H groups in total. The summed E-state index contributed by atoms with van der Waals surface area (Å²) in [5.41, 5.74) is 10.8. The fourth-order valence-corrected chi connectivity index (χ4v) is 14.0. The fraction of sp³-hybridized carbons (Fsp3) is 0.875. The van der Waals surface area contributed by atoms with Crippen LogP contribution in [0.1, 0.15) is 184 Å². The molecule has 2 aliphatic heterocycles. The van der Waals surface area contributed by atoms with Gasteiger partial charge in [-0.15, -0.1) is 0 Å². The van der Waals surface area contributed by atoms with Crippen LogP contribution in [0.3, 0.4) is 0 Å². The number of ketones is 3. The first-order chi connectivity index (χ1) is 34.2. The molecule has 0 radical (unpaired) electrons. The Hall–Kier alpha value is 1.37. The van der Waals surface area contributed by atoms with Crippen molar-refractivity contribution in [1.29, 1.82) is 0 Å². The molecule has 0 spiro atoms. The van der Waals surface area contributed by atoms with Crippen molar-refractivity contribution in [1.82, 2.24) is 9.80 Å². The number of alkyl halides is 5. The number of halogens is 5. The van der Waals surface area contributed by atoms with Gasteiger partial charge in [0, 0.05) is 49.6 Å². The molecule has 12 nitrogen and oxygen atoms in total. The predicted molar refractivity (Wildman–Crippen MR) is 339 cm³/mol. The first-order valence-electron chi connectivity index (χ1n) is 28.2. The maximum atomic E-state index is 13.7. The molecule has 0 bridgehead atoms. The molecule has 0 aromatic carbocycles. The number of hydrogen-bond acceptors (Lipinski definition) is 8. The number of Topliss-reactive ketones (excluding diaryl/α,β-unsaturated/α-hetero) is 3. The van der Waals surface area contributed by atoms with Gasteiger partial charge in [-0.2, -0.15) is 0 Å². The quantitative estimate of drug-likeness (QED) is 0.0684. The van der Waals surface area contributed by atoms with Crippen LogP contribution >= 0.6 is 113 Å². The fourth-order valence-electron chi connectivity index (χ4n) is 14.0. The van der Waals surface area contributed by atoms with Gasteiger partial charge >= 0.3 is 75.7 Å². The molecule has 2 saturated heterocycles. The van der Waals surface area contributed by atoms with Gasteiger partial charge < -0.3 is 26.4 Å². The van der Waals surface area contributed by atoms with E-state index in [1.807, 2.05) is 23.6 Å². The molecule has 8 fully saturated rings. The number of carbonyl (C=O) groups is 7. The summed E-state index contributed by atoms with van der Waals surface area (Å²) in [6.07, 6.45) is 18.3. The standard InChI is InChI=1S/C26H42N2O4.C26H40N2O4.C2H3I3.C2H3I2.In.2H/c2*1-15(17-10-5-4-6-11-17)25(32)28-14-19-21(26(19,2)3)22(28)20(29)13-18(23(30)24(27)31)12-16-8-7-9-16;1-2(3,4)5;1-2(3)4;;;/h15-19,21-23,30H,4-14H2,1-3H3,(H2,27,31);15-19,21-22H,4-14H2,1-3H3,(H2,27,31);1H3;1H3;;;/t15-,18?,19-,21-,22+,23?;15-,18?,19-,21-,22+;;;;;/m00...../s1. The molecule has 8 rings (SSSR count). The van der Waals surface area contributed by atoms with E-state index in [-0.39, 0.29) is 70.7 Å². The summed E-state index contributed by atoms with van der Waals surface area (Å²) in [5, 5.41) is 10.5. The van der Waals surface area contributed by atoms with Crippen LogP contribution in [0.5, 0.6) is 0 Å². The van der Waals surface area contributed by atoms with Crippen molar-refractivity contribution in [2.45, 2.75) is 201 Å². The number of carbonyl (C=O) groups excluding carboxylic acids is 7. The Bertz CT molecular complexity index is 1970. The topological polar surface area (TPSA) is 198 Å². The van der Waals surface area contributed by atoms with E-state index >= 15 is 0 Å². The van der Waals surface area contributed by atoms with E-state index in [1.54, 1.807) is 0 Å². The molecule has 6 aliphatic carbocycles. The number of fused-ring (bicyclic) bond motifs is 2. The van der Waals surface area contributed by atoms with E-state index < -0.39 is 47.6 Å². The maximum absolute atomic E-state index is 13.7. The Morgan fingerprint density at radius 3 is 1.28 bits per heavy atom. The monoisotopic (exact) mass is 1700 g/mol. The zero-order valence-electron chi connectivity index (χ0n) is 46.0. The number of aliphatic hydroxyl groups excluding tert-OH is 1. The van der Waals surface area contributed by atoms with Gasteiger partial charge in [-0.25, -0.2) is 0 Å². The Labute approximate surface area is 527 Å². The number of amides is 4. The van der Waals surface area contributed by atoms with Crippen LogP contribution in [0.2, 0.25) is 0 Å². The van der Waals surface area contributed by atoms with Crippen molar-refractivity contribution < 1.29 is 38.7 Å². The third-order valence-corrected chi connectivity index (χ3v) is 19.1. The van der Waals surface area contributed by atoms with Crippen LogP contribution in [0.15, 0.2) is 0 Å². The van der Waals surface area contributed by atoms with Gasteiger partial charge in [-0.1, -0.05) is 186 Å². The molecule has 4 amide bonds. The number of piperidine rings is 2. The Balaban J connectivity index is 0.000000232. The minimum absolute atomic E-state index is 0.0110. The second-order valence-electron chi connectivity index (χ2n) is 25.7. The van der Waals surface area contributed by atoms with Crippen LogP contribution in [0.25, 0.3) is 0 Å². The molecule has 0 aromatic heterocycles. The number of likely N-dealkylation sites (tertiary alicyclic amines) is 2. The van der Waals surface area contributed by atoms with Gasteiger partial charge in [-0.05, 0) is 104 Å². The second-order valence-corrected chi connectivity index (χ2v) is 63.1. The summed E-state index contributed by atoms with van der Waals surface area (Å²) >= 11 is 12.8. The number of nitrogens with two attached hydrogens (primary N) is 2. The first kappa shape index (κ1) is 66.2. The van der Waals surface area contributed by atoms with Crippen molar-refractivity contribution in [3.63, 3.8) is 0 Å². The molecular formula is C56H90I5InN4O8. The Kier molecular flexibility index (Phi) is 25.1. The SMILES string of the molecule is CC(I)(I)I.C[C@H](C(=O)N1C[C@H]2[C@@H]([C@H]1C(=O)CC(CC1CCC1)C(=O)C(N)=O)C2(C)C)C1CCCCC1.C[C@H](C(=O)N1C[C@H]2[C@@H]([C@H]1C(=O)CC(CC1CCC1)C(O)C(N)=O)C2(C)C)C1CCCCC1.C[C]([InH2])(I)I. The van der Waals surface area contributed by atoms with E-state index in [9.17, 15) is 38.7 Å². The number of aliphatic hydroxyl groups is 1. The Morgan fingerprint density at radius 1 is 0.608 bits per heavy atom. The van der Waals surface area contributed by atoms with Gasteiger partial charge in [0.2, 0.25) is 23.5 Å². The van der Waals surface area contributed by atoms with Gasteiger partial charge in [0.25, 0.3) is 5.91 Å². The number of rotatable bonds is 18. The number of nitrogens with zero attached hydrogens (tertiary/aromatic N) is 2. The van der Waals surface area contributed by atoms with Crippen molar-refractivity contribution in [3.8, 4) is 0 Å². The van der Waals surface area contributed by atoms with Gasteiger partial charge in [-0.3, -0.25) is 33.6 Å². The Morgan fingerprint density at radius 2 is 0.959 bits per heavy atom. The van der Waals surface area contributed by atoms with Crippen LogP contribution in [-0.2, 0) is 33.6 Å². The molecule has 2 heterocycles. The average Bonchev–Trinajstić information content (AvgIpc) is 3.73. The van der Waals surface area contributed by atoms with Crippen molar-refractivity contribution in [3.05, 3.63) is 0 Å². The van der Waals surface area contributed by atoms with Crippen LogP contribution in [-0.4, -0.2) is 110 Å². The minimum atomic E-state index is -1.30. The molecule has 74 heavy (non-hydrogen) atoms. The zero-order valence-corrected chi connectivity index (χ0v) is 62.5. The predicted octanol–water partition coefficient (Wildman–Crippen LogP) is 10.9. The van der Waals surface area contributed by atoms with E-state index in [1.165, 1.54) is 44.9 Å². The van der Waals surface area contributed by atoms with Gasteiger partial charge in [0.05, 0.1) is 12.1 Å². The third-order valence-electron chi connectivity index (χ3n) is 19.1. The summed E-state index contributed by atoms with van der Waals surface area (Å²) in [6, 6.07) is -0.879. The van der Waals surface area contributed by atoms with Crippen molar-refractivity contribution in [2.24, 2.45) is 93.3 Å². The van der Waals surface area contributed by atoms with Crippen LogP contribution in [0.4, 0.5) is 0 Å². The van der Waals surface area contributed by atoms with Crippen molar-refractivity contribution in [2.75, 3.05) is 13.1 Å². The van der Waals surface area contributed by atoms with E-state index in [0.29, 0.717) is 60.1 Å². The van der Waals surface area contributed by atoms with Gasteiger partial charge in [0.15, 0.2) is 11.6 Å².